The predicted octanol–water partition coefficient (Wildman–Crippen LogP) is 4.62. The molecule has 1 fully saturated rings. The topological polar surface area (TPSA) is 35.6 Å². The molecule has 2 aromatic carbocycles. The van der Waals surface area contributed by atoms with E-state index in [-0.39, 0.29) is 30.2 Å². The summed E-state index contributed by atoms with van der Waals surface area (Å²) in [4.78, 5) is 17.5. The molecule has 0 bridgehead atoms. The van der Waals surface area contributed by atoms with E-state index in [4.69, 9.17) is 0 Å². The molecule has 178 valence electrons. The highest BCUT2D eigenvalue weighted by molar-refractivity contribution is 5.82. The summed E-state index contributed by atoms with van der Waals surface area (Å²) in [5, 5.41) is 3.03. The van der Waals surface area contributed by atoms with E-state index in [1.54, 1.807) is 18.2 Å². The summed E-state index contributed by atoms with van der Waals surface area (Å²) in [6, 6.07) is 10.1. The number of anilines is 1. The summed E-state index contributed by atoms with van der Waals surface area (Å²) in [5.74, 6) is -0.857. The second kappa shape index (κ2) is 9.33. The molecule has 4 nitrogen and oxygen atoms in total. The monoisotopic (exact) mass is 463 g/mol. The Labute approximate surface area is 191 Å². The number of alkyl halides is 3. The minimum atomic E-state index is -4.42. The maximum Gasteiger partial charge on any atom is 0.416 e. The van der Waals surface area contributed by atoms with E-state index in [0.29, 0.717) is 31.7 Å². The first-order chi connectivity index (χ1) is 15.7. The van der Waals surface area contributed by atoms with Gasteiger partial charge in [-0.1, -0.05) is 19.1 Å². The Morgan fingerprint density at radius 3 is 2.55 bits per heavy atom. The number of hydrogen-bond donors (Lipinski definition) is 1. The molecule has 3 atom stereocenters. The van der Waals surface area contributed by atoms with Gasteiger partial charge in [0.05, 0.1) is 17.5 Å². The highest BCUT2D eigenvalue weighted by Gasteiger charge is 2.42. The third kappa shape index (κ3) is 5.16. The van der Waals surface area contributed by atoms with Crippen LogP contribution in [0.5, 0.6) is 0 Å². The molecule has 1 amide bonds. The van der Waals surface area contributed by atoms with Gasteiger partial charge >= 0.3 is 6.18 Å². The van der Waals surface area contributed by atoms with Crippen molar-refractivity contribution in [2.24, 2.45) is 5.92 Å². The first-order valence-corrected chi connectivity index (χ1v) is 11.4. The minimum Gasteiger partial charge on any atom is -0.365 e. The third-order valence-electron chi connectivity index (χ3n) is 6.78. The molecule has 0 spiro atoms. The molecule has 4 rings (SSSR count). The summed E-state index contributed by atoms with van der Waals surface area (Å²) in [5.41, 5.74) is 1.64. The van der Waals surface area contributed by atoms with E-state index in [2.05, 4.69) is 15.1 Å². The fourth-order valence-corrected chi connectivity index (χ4v) is 4.80. The number of nitrogens with zero attached hydrogens (tertiary/aromatic N) is 2. The van der Waals surface area contributed by atoms with Gasteiger partial charge in [0.25, 0.3) is 0 Å². The van der Waals surface area contributed by atoms with Crippen molar-refractivity contribution in [3.05, 3.63) is 65.0 Å². The van der Waals surface area contributed by atoms with Crippen molar-refractivity contribution in [2.45, 2.75) is 51.5 Å². The fourth-order valence-electron chi connectivity index (χ4n) is 4.80. The van der Waals surface area contributed by atoms with Crippen LogP contribution >= 0.6 is 0 Å². The van der Waals surface area contributed by atoms with Crippen LogP contribution in [0.1, 0.15) is 37.0 Å². The molecular formula is C25H29F4N3O. The van der Waals surface area contributed by atoms with Crippen LogP contribution in [0, 0.1) is 11.7 Å². The van der Waals surface area contributed by atoms with Gasteiger partial charge < -0.3 is 10.2 Å². The van der Waals surface area contributed by atoms with Crippen LogP contribution in [0.3, 0.4) is 0 Å². The Hall–Kier alpha value is -2.61. The lowest BCUT2D eigenvalue weighted by molar-refractivity contribution is -0.137. The summed E-state index contributed by atoms with van der Waals surface area (Å²) in [6.45, 7) is 6.45. The summed E-state index contributed by atoms with van der Waals surface area (Å²) < 4.78 is 53.2. The van der Waals surface area contributed by atoms with Gasteiger partial charge in [-0.15, -0.1) is 0 Å². The van der Waals surface area contributed by atoms with Gasteiger partial charge in [-0.25, -0.2) is 4.39 Å². The van der Waals surface area contributed by atoms with Crippen molar-refractivity contribution < 1.29 is 22.4 Å². The Morgan fingerprint density at radius 1 is 1.15 bits per heavy atom. The lowest BCUT2D eigenvalue weighted by atomic mass is 9.82. The molecule has 0 aliphatic carbocycles. The lowest BCUT2D eigenvalue weighted by Crippen LogP contribution is -2.61. The molecule has 33 heavy (non-hydrogen) atoms. The molecule has 8 heteroatoms. The standard InChI is InChI=1S/C25H29F4N3O/c1-3-16(2)30-24(33)21-13-18-12-19(25(27,28)29)6-9-22(18)32-11-10-31(15-23(21)32)14-17-4-7-20(26)8-5-17/h4-9,12,16,21,23H,3,10-11,13-15H2,1-2H3,(H,30,33)/t16-,21-,23+/m0/s1. The van der Waals surface area contributed by atoms with Gasteiger partial charge in [0.2, 0.25) is 5.91 Å². The van der Waals surface area contributed by atoms with Gasteiger partial charge in [-0.3, -0.25) is 9.69 Å². The number of piperazine rings is 1. The molecule has 0 saturated carbocycles. The van der Waals surface area contributed by atoms with Crippen molar-refractivity contribution in [1.29, 1.82) is 0 Å². The van der Waals surface area contributed by atoms with Gasteiger partial charge in [0.15, 0.2) is 0 Å². The average Bonchev–Trinajstić information content (AvgIpc) is 2.78. The summed E-state index contributed by atoms with van der Waals surface area (Å²) in [6.07, 6.45) is -3.38. The number of halogens is 4. The molecule has 2 heterocycles. The van der Waals surface area contributed by atoms with Crippen LogP contribution in [0.2, 0.25) is 0 Å². The predicted molar refractivity (Wildman–Crippen MR) is 119 cm³/mol. The van der Waals surface area contributed by atoms with Crippen LogP contribution < -0.4 is 10.2 Å². The number of rotatable bonds is 5. The molecule has 1 N–H and O–H groups in total. The minimum absolute atomic E-state index is 0.00670. The molecule has 2 aliphatic heterocycles. The van der Waals surface area contributed by atoms with E-state index in [1.165, 1.54) is 18.2 Å². The largest absolute Gasteiger partial charge is 0.416 e. The fraction of sp³-hybridized carbons (Fsp3) is 0.480. The smallest absolute Gasteiger partial charge is 0.365 e. The highest BCUT2D eigenvalue weighted by Crippen LogP contribution is 2.40. The second-order valence-electron chi connectivity index (χ2n) is 9.09. The molecule has 2 aliphatic rings. The van der Waals surface area contributed by atoms with Crippen molar-refractivity contribution in [2.75, 3.05) is 24.5 Å². The van der Waals surface area contributed by atoms with Crippen molar-refractivity contribution in [3.8, 4) is 0 Å². The van der Waals surface area contributed by atoms with Gasteiger partial charge in [0, 0.05) is 37.9 Å². The van der Waals surface area contributed by atoms with E-state index in [9.17, 15) is 22.4 Å². The van der Waals surface area contributed by atoms with Crippen LogP contribution in [0.15, 0.2) is 42.5 Å². The quantitative estimate of drug-likeness (QED) is 0.658. The first-order valence-electron chi connectivity index (χ1n) is 11.4. The number of nitrogens with one attached hydrogen (secondary N) is 1. The molecule has 0 radical (unpaired) electrons. The zero-order valence-electron chi connectivity index (χ0n) is 18.8. The summed E-state index contributed by atoms with van der Waals surface area (Å²) in [7, 11) is 0. The van der Waals surface area contributed by atoms with Crippen LogP contribution in [-0.4, -0.2) is 42.5 Å². The zero-order chi connectivity index (χ0) is 23.8. The maximum atomic E-state index is 13.3. The molecule has 0 aromatic heterocycles. The van der Waals surface area contributed by atoms with Crippen molar-refractivity contribution >= 4 is 11.6 Å². The number of benzene rings is 2. The van der Waals surface area contributed by atoms with E-state index < -0.39 is 17.7 Å². The SMILES string of the molecule is CC[C@H](C)NC(=O)[C@H]1Cc2cc(C(F)(F)F)ccc2N2CCN(Cc3ccc(F)cc3)C[C@H]12. The number of amides is 1. The van der Waals surface area contributed by atoms with E-state index in [0.717, 1.165) is 23.7 Å². The molecular weight excluding hydrogens is 434 g/mol. The average molecular weight is 464 g/mol. The summed E-state index contributed by atoms with van der Waals surface area (Å²) >= 11 is 0. The Bertz CT molecular complexity index is 992. The second-order valence-corrected chi connectivity index (χ2v) is 9.09. The molecule has 0 unspecified atom stereocenters. The Kier molecular flexibility index (Phi) is 6.66. The van der Waals surface area contributed by atoms with E-state index >= 15 is 0 Å². The van der Waals surface area contributed by atoms with Crippen LogP contribution in [0.4, 0.5) is 23.2 Å². The van der Waals surface area contributed by atoms with Gasteiger partial charge in [0.1, 0.15) is 5.82 Å². The molecule has 1 saturated heterocycles. The highest BCUT2D eigenvalue weighted by atomic mass is 19.4. The van der Waals surface area contributed by atoms with Crippen molar-refractivity contribution in [3.63, 3.8) is 0 Å². The van der Waals surface area contributed by atoms with Gasteiger partial charge in [-0.05, 0) is 61.2 Å². The zero-order valence-corrected chi connectivity index (χ0v) is 18.8. The number of carbonyl (C=O) groups excluding carboxylic acids is 1. The van der Waals surface area contributed by atoms with Gasteiger partial charge in [-0.2, -0.15) is 13.2 Å². The Balaban J connectivity index is 1.61. The first kappa shape index (κ1) is 23.5. The number of carbonyl (C=O) groups is 1. The maximum absolute atomic E-state index is 13.3. The third-order valence-corrected chi connectivity index (χ3v) is 6.78. The van der Waals surface area contributed by atoms with Crippen LogP contribution in [0.25, 0.3) is 0 Å². The lowest BCUT2D eigenvalue weighted by Gasteiger charge is -2.49. The molecule has 2 aromatic rings. The number of hydrogen-bond acceptors (Lipinski definition) is 3. The van der Waals surface area contributed by atoms with E-state index in [1.807, 2.05) is 13.8 Å². The van der Waals surface area contributed by atoms with Crippen LogP contribution in [-0.2, 0) is 23.9 Å². The Morgan fingerprint density at radius 2 is 1.88 bits per heavy atom. The number of fused-ring (bicyclic) bond motifs is 3. The normalized spacial score (nSPS) is 21.8. The van der Waals surface area contributed by atoms with Crippen molar-refractivity contribution in [1.82, 2.24) is 10.2 Å².